The zero-order chi connectivity index (χ0) is 6.69. The maximum atomic E-state index is 10.1. The van der Waals surface area contributed by atoms with Gasteiger partial charge in [-0.25, -0.2) is 0 Å². The number of rotatable bonds is 1. The Labute approximate surface area is 53.4 Å². The topological polar surface area (TPSA) is 46.3 Å². The summed E-state index contributed by atoms with van der Waals surface area (Å²) in [5.41, 5.74) is 6.12. The monoisotopic (exact) mass is 124 g/mol. The molecule has 0 atom stereocenters. The molecule has 0 aromatic rings. The van der Waals surface area contributed by atoms with Crippen molar-refractivity contribution in [3.63, 3.8) is 0 Å². The molecule has 1 aliphatic heterocycles. The molecule has 1 heterocycles. The van der Waals surface area contributed by atoms with Crippen LogP contribution in [0.5, 0.6) is 0 Å². The SMILES string of the molecule is NC1=CC=CN(C=O)C1. The Balaban J connectivity index is 2.61. The molecule has 3 heteroatoms. The number of nitrogens with two attached hydrogens (primary N) is 1. The van der Waals surface area contributed by atoms with Gasteiger partial charge in [-0.1, -0.05) is 0 Å². The van der Waals surface area contributed by atoms with Gasteiger partial charge in [-0.3, -0.25) is 4.79 Å². The maximum Gasteiger partial charge on any atom is 0.214 e. The fraction of sp³-hybridized carbons (Fsp3) is 0.167. The average molecular weight is 124 g/mol. The molecule has 3 nitrogen and oxygen atoms in total. The van der Waals surface area contributed by atoms with E-state index in [-0.39, 0.29) is 0 Å². The predicted molar refractivity (Wildman–Crippen MR) is 34.2 cm³/mol. The second-order valence-electron chi connectivity index (χ2n) is 1.86. The normalized spacial score (nSPS) is 17.3. The van der Waals surface area contributed by atoms with Gasteiger partial charge in [-0.2, -0.15) is 0 Å². The second-order valence-corrected chi connectivity index (χ2v) is 1.86. The predicted octanol–water partition coefficient (Wildman–Crippen LogP) is -0.185. The third-order valence-corrected chi connectivity index (χ3v) is 1.09. The average Bonchev–Trinajstić information content (AvgIpc) is 1.88. The number of nitrogens with zero attached hydrogens (tertiary/aromatic N) is 1. The number of allylic oxidation sites excluding steroid dienone is 2. The molecule has 0 spiro atoms. The lowest BCUT2D eigenvalue weighted by molar-refractivity contribution is -0.115. The molecule has 0 fully saturated rings. The largest absolute Gasteiger partial charge is 0.401 e. The molecule has 1 amide bonds. The molecular formula is C6H8N2O. The minimum absolute atomic E-state index is 0.514. The first-order valence-electron chi connectivity index (χ1n) is 2.67. The van der Waals surface area contributed by atoms with Crippen molar-refractivity contribution in [1.82, 2.24) is 4.90 Å². The molecule has 48 valence electrons. The lowest BCUT2D eigenvalue weighted by Gasteiger charge is -2.14. The molecular weight excluding hydrogens is 116 g/mol. The van der Waals surface area contributed by atoms with Gasteiger partial charge < -0.3 is 10.6 Å². The van der Waals surface area contributed by atoms with E-state index in [1.54, 1.807) is 18.4 Å². The third kappa shape index (κ3) is 1.32. The van der Waals surface area contributed by atoms with E-state index < -0.39 is 0 Å². The summed E-state index contributed by atoms with van der Waals surface area (Å²) < 4.78 is 0. The second kappa shape index (κ2) is 2.35. The van der Waals surface area contributed by atoms with Crippen molar-refractivity contribution in [2.45, 2.75) is 0 Å². The Kier molecular flexibility index (Phi) is 1.53. The Morgan fingerprint density at radius 3 is 3.00 bits per heavy atom. The molecule has 1 aliphatic rings. The summed E-state index contributed by atoms with van der Waals surface area (Å²) >= 11 is 0. The highest BCUT2D eigenvalue weighted by Crippen LogP contribution is 1.98. The van der Waals surface area contributed by atoms with Crippen molar-refractivity contribution in [2.75, 3.05) is 6.54 Å². The maximum absolute atomic E-state index is 10.1. The van der Waals surface area contributed by atoms with Crippen molar-refractivity contribution < 1.29 is 4.79 Å². The quantitative estimate of drug-likeness (QED) is 0.493. The van der Waals surface area contributed by atoms with Crippen LogP contribution in [0.2, 0.25) is 0 Å². The molecule has 0 aromatic carbocycles. The number of hydrogen-bond donors (Lipinski definition) is 1. The van der Waals surface area contributed by atoms with E-state index in [2.05, 4.69) is 0 Å². The Morgan fingerprint density at radius 1 is 1.78 bits per heavy atom. The van der Waals surface area contributed by atoms with Crippen LogP contribution in [0, 0.1) is 0 Å². The van der Waals surface area contributed by atoms with Crippen molar-refractivity contribution in [3.8, 4) is 0 Å². The summed E-state index contributed by atoms with van der Waals surface area (Å²) in [5.74, 6) is 0. The standard InChI is InChI=1S/C6H8N2O/c7-6-2-1-3-8(4-6)5-9/h1-3,5H,4,7H2. The summed E-state index contributed by atoms with van der Waals surface area (Å²) in [6.07, 6.45) is 5.95. The Hall–Kier alpha value is -1.25. The number of hydrogen-bond acceptors (Lipinski definition) is 2. The van der Waals surface area contributed by atoms with Gasteiger partial charge in [0.15, 0.2) is 0 Å². The zero-order valence-corrected chi connectivity index (χ0v) is 4.95. The Bertz CT molecular complexity index is 172. The van der Waals surface area contributed by atoms with Crippen molar-refractivity contribution in [3.05, 3.63) is 24.0 Å². The van der Waals surface area contributed by atoms with Gasteiger partial charge in [0.05, 0.1) is 6.54 Å². The Morgan fingerprint density at radius 2 is 2.56 bits per heavy atom. The minimum atomic E-state index is 0.514. The van der Waals surface area contributed by atoms with Crippen LogP contribution in [0.1, 0.15) is 0 Å². The first-order chi connectivity index (χ1) is 4.33. The van der Waals surface area contributed by atoms with Crippen LogP contribution in [0.15, 0.2) is 24.0 Å². The van der Waals surface area contributed by atoms with Crippen molar-refractivity contribution in [2.24, 2.45) is 5.73 Å². The van der Waals surface area contributed by atoms with Gasteiger partial charge in [0.2, 0.25) is 6.41 Å². The van der Waals surface area contributed by atoms with Gasteiger partial charge in [0.25, 0.3) is 0 Å². The third-order valence-electron chi connectivity index (χ3n) is 1.09. The van der Waals surface area contributed by atoms with Crippen molar-refractivity contribution in [1.29, 1.82) is 0 Å². The van der Waals surface area contributed by atoms with Crippen LogP contribution in [0.25, 0.3) is 0 Å². The smallest absolute Gasteiger partial charge is 0.214 e. The number of carbonyl (C=O) groups excluding carboxylic acids is 1. The van der Waals surface area contributed by atoms with E-state index >= 15 is 0 Å². The van der Waals surface area contributed by atoms with Gasteiger partial charge in [-0.15, -0.1) is 0 Å². The summed E-state index contributed by atoms with van der Waals surface area (Å²) in [5, 5.41) is 0. The highest BCUT2D eigenvalue weighted by atomic mass is 16.1. The highest BCUT2D eigenvalue weighted by Gasteiger charge is 2.00. The van der Waals surface area contributed by atoms with E-state index in [9.17, 15) is 4.79 Å². The summed E-state index contributed by atoms with van der Waals surface area (Å²) in [4.78, 5) is 11.6. The molecule has 0 bridgehead atoms. The first-order valence-corrected chi connectivity index (χ1v) is 2.67. The molecule has 0 radical (unpaired) electrons. The van der Waals surface area contributed by atoms with E-state index in [0.29, 0.717) is 12.2 Å². The molecule has 0 saturated heterocycles. The van der Waals surface area contributed by atoms with Gasteiger partial charge >= 0.3 is 0 Å². The van der Waals surface area contributed by atoms with E-state index in [1.807, 2.05) is 0 Å². The van der Waals surface area contributed by atoms with Crippen LogP contribution >= 0.6 is 0 Å². The minimum Gasteiger partial charge on any atom is -0.401 e. The van der Waals surface area contributed by atoms with Gasteiger partial charge in [-0.05, 0) is 12.2 Å². The van der Waals surface area contributed by atoms with Crippen LogP contribution in [-0.4, -0.2) is 17.9 Å². The summed E-state index contributed by atoms with van der Waals surface area (Å²) in [7, 11) is 0. The van der Waals surface area contributed by atoms with Crippen LogP contribution in [-0.2, 0) is 4.79 Å². The van der Waals surface area contributed by atoms with E-state index in [1.165, 1.54) is 4.90 Å². The van der Waals surface area contributed by atoms with Crippen molar-refractivity contribution >= 4 is 6.41 Å². The van der Waals surface area contributed by atoms with E-state index in [4.69, 9.17) is 5.73 Å². The molecule has 0 saturated carbocycles. The van der Waals surface area contributed by atoms with Crippen LogP contribution < -0.4 is 5.73 Å². The highest BCUT2D eigenvalue weighted by molar-refractivity contribution is 5.51. The molecule has 0 aliphatic carbocycles. The van der Waals surface area contributed by atoms with Crippen LogP contribution in [0.4, 0.5) is 0 Å². The molecule has 0 aromatic heterocycles. The fourth-order valence-corrected chi connectivity index (χ4v) is 0.666. The molecule has 9 heavy (non-hydrogen) atoms. The number of amides is 1. The molecule has 0 unspecified atom stereocenters. The fourth-order valence-electron chi connectivity index (χ4n) is 0.666. The zero-order valence-electron chi connectivity index (χ0n) is 4.95. The lowest BCUT2D eigenvalue weighted by Crippen LogP contribution is -2.23. The summed E-state index contributed by atoms with van der Waals surface area (Å²) in [6, 6.07) is 0. The number of carbonyl (C=O) groups is 1. The van der Waals surface area contributed by atoms with Gasteiger partial charge in [0, 0.05) is 11.9 Å². The van der Waals surface area contributed by atoms with Crippen LogP contribution in [0.3, 0.4) is 0 Å². The molecule has 2 N–H and O–H groups in total. The first kappa shape index (κ1) is 5.88. The van der Waals surface area contributed by atoms with E-state index in [0.717, 1.165) is 6.41 Å². The lowest BCUT2D eigenvalue weighted by atomic mass is 10.3. The molecule has 1 rings (SSSR count). The summed E-state index contributed by atoms with van der Waals surface area (Å²) in [6.45, 7) is 0.514. The van der Waals surface area contributed by atoms with Gasteiger partial charge in [0.1, 0.15) is 0 Å².